The minimum atomic E-state index is -0.421. The van der Waals surface area contributed by atoms with Crippen molar-refractivity contribution in [1.82, 2.24) is 0 Å². The molecule has 270 valence electrons. The average Bonchev–Trinajstić information content (AvgIpc) is 3.25. The molecule has 0 aliphatic carbocycles. The van der Waals surface area contributed by atoms with Crippen LogP contribution in [0.1, 0.15) is 22.3 Å². The lowest BCUT2D eigenvalue weighted by molar-refractivity contribution is -0.385. The number of aliphatic imine (C=N–C) groups is 4. The van der Waals surface area contributed by atoms with Gasteiger partial charge in [0.25, 0.3) is 11.4 Å². The van der Waals surface area contributed by atoms with Crippen molar-refractivity contribution in [1.29, 1.82) is 0 Å². The highest BCUT2D eigenvalue weighted by atomic mass is 16.6. The fourth-order valence-corrected chi connectivity index (χ4v) is 5.59. The molecule has 0 bridgehead atoms. The van der Waals surface area contributed by atoms with E-state index in [-0.39, 0.29) is 11.4 Å². The number of nitro benzene ring substituents is 2. The van der Waals surface area contributed by atoms with Crippen LogP contribution in [0.5, 0.6) is 0 Å². The van der Waals surface area contributed by atoms with E-state index in [1.165, 1.54) is 24.3 Å². The van der Waals surface area contributed by atoms with Gasteiger partial charge in [0.2, 0.25) is 0 Å². The van der Waals surface area contributed by atoms with E-state index < -0.39 is 9.85 Å². The molecule has 0 N–H and O–H groups in total. The van der Waals surface area contributed by atoms with Crippen molar-refractivity contribution >= 4 is 59.0 Å². The lowest BCUT2D eigenvalue weighted by atomic mass is 10.1. The maximum atomic E-state index is 10.8. The van der Waals surface area contributed by atoms with Crippen LogP contribution in [0.4, 0.5) is 34.1 Å². The van der Waals surface area contributed by atoms with Crippen molar-refractivity contribution in [3.63, 3.8) is 0 Å². The minimum absolute atomic E-state index is 0.0508. The molecule has 0 heterocycles. The molecular weight excluding hydrogens is 701 g/mol. The first-order valence-corrected chi connectivity index (χ1v) is 17.5. The number of nitro groups is 2. The molecule has 7 aromatic rings. The Morgan fingerprint density at radius 2 is 0.500 bits per heavy atom. The number of nitrogens with zero attached hydrogens (tertiary/aromatic N) is 6. The van der Waals surface area contributed by atoms with Gasteiger partial charge in [-0.3, -0.25) is 40.2 Å². The Balaban J connectivity index is 0.892. The predicted molar refractivity (Wildman–Crippen MR) is 225 cm³/mol. The maximum Gasteiger partial charge on any atom is 0.269 e. The molecular formula is C46H32N6O4. The minimum Gasteiger partial charge on any atom is -0.258 e. The van der Waals surface area contributed by atoms with E-state index in [9.17, 15) is 20.2 Å². The van der Waals surface area contributed by atoms with Crippen LogP contribution in [0.3, 0.4) is 0 Å². The summed E-state index contributed by atoms with van der Waals surface area (Å²) < 4.78 is 0. The Kier molecular flexibility index (Phi) is 11.2. The van der Waals surface area contributed by atoms with E-state index >= 15 is 0 Å². The lowest BCUT2D eigenvalue weighted by Gasteiger charge is -2.03. The van der Waals surface area contributed by atoms with Gasteiger partial charge in [0.05, 0.1) is 32.6 Å². The average molecular weight is 733 g/mol. The van der Waals surface area contributed by atoms with E-state index in [0.29, 0.717) is 0 Å². The van der Waals surface area contributed by atoms with Crippen LogP contribution < -0.4 is 0 Å². The monoisotopic (exact) mass is 732 g/mol. The highest BCUT2D eigenvalue weighted by molar-refractivity contribution is 5.87. The van der Waals surface area contributed by atoms with Gasteiger partial charge in [-0.2, -0.15) is 0 Å². The maximum absolute atomic E-state index is 10.8. The smallest absolute Gasteiger partial charge is 0.258 e. The van der Waals surface area contributed by atoms with Crippen LogP contribution in [0.15, 0.2) is 190 Å². The number of hydrogen-bond acceptors (Lipinski definition) is 8. The normalized spacial score (nSPS) is 11.6. The van der Waals surface area contributed by atoms with Crippen molar-refractivity contribution < 1.29 is 9.85 Å². The van der Waals surface area contributed by atoms with Gasteiger partial charge in [0, 0.05) is 49.1 Å². The summed E-state index contributed by atoms with van der Waals surface area (Å²) in [5.41, 5.74) is 11.1. The highest BCUT2D eigenvalue weighted by Crippen LogP contribution is 2.27. The zero-order valence-corrected chi connectivity index (χ0v) is 29.8. The Labute approximate surface area is 322 Å². The first-order valence-electron chi connectivity index (χ1n) is 17.5. The van der Waals surface area contributed by atoms with Gasteiger partial charge >= 0.3 is 0 Å². The van der Waals surface area contributed by atoms with Crippen molar-refractivity contribution in [2.24, 2.45) is 20.0 Å². The zero-order valence-electron chi connectivity index (χ0n) is 29.8. The molecule has 10 nitrogen and oxygen atoms in total. The van der Waals surface area contributed by atoms with Gasteiger partial charge in [-0.05, 0) is 117 Å². The summed E-state index contributed by atoms with van der Waals surface area (Å²) in [4.78, 5) is 39.1. The molecule has 7 rings (SSSR count). The van der Waals surface area contributed by atoms with E-state index in [2.05, 4.69) is 20.0 Å². The Bertz CT molecular complexity index is 2380. The second-order valence-corrected chi connectivity index (χ2v) is 12.6. The molecule has 0 aromatic heterocycles. The molecule has 56 heavy (non-hydrogen) atoms. The molecule has 0 aliphatic heterocycles. The molecule has 10 heteroatoms. The fraction of sp³-hybridized carbons (Fsp3) is 0. The van der Waals surface area contributed by atoms with Crippen LogP contribution in [0, 0.1) is 20.2 Å². The molecule has 0 spiro atoms. The Morgan fingerprint density at radius 3 is 0.696 bits per heavy atom. The molecule has 0 saturated carbocycles. The molecule has 0 atom stereocenters. The number of rotatable bonds is 12. The zero-order chi connectivity index (χ0) is 38.7. The van der Waals surface area contributed by atoms with Gasteiger partial charge < -0.3 is 0 Å². The van der Waals surface area contributed by atoms with E-state index in [0.717, 1.165) is 67.3 Å². The van der Waals surface area contributed by atoms with Crippen molar-refractivity contribution in [2.45, 2.75) is 0 Å². The number of hydrogen-bond donors (Lipinski definition) is 0. The number of non-ortho nitro benzene ring substituents is 2. The molecule has 0 unspecified atom stereocenters. The van der Waals surface area contributed by atoms with Crippen molar-refractivity contribution in [3.05, 3.63) is 212 Å². The van der Waals surface area contributed by atoms with Crippen molar-refractivity contribution in [2.75, 3.05) is 0 Å². The predicted octanol–water partition coefficient (Wildman–Crippen LogP) is 11.8. The van der Waals surface area contributed by atoms with Gasteiger partial charge in [-0.25, -0.2) is 0 Å². The van der Waals surface area contributed by atoms with E-state index in [1.807, 2.05) is 134 Å². The summed E-state index contributed by atoms with van der Waals surface area (Å²) in [6.07, 6.45) is 7.04. The van der Waals surface area contributed by atoms with Gasteiger partial charge in [-0.1, -0.05) is 72.8 Å². The first-order chi connectivity index (χ1) is 27.3. The topological polar surface area (TPSA) is 136 Å². The fourth-order valence-electron chi connectivity index (χ4n) is 5.59. The van der Waals surface area contributed by atoms with E-state index in [1.54, 1.807) is 36.7 Å². The molecule has 7 aromatic carbocycles. The third-order valence-electron chi connectivity index (χ3n) is 8.73. The summed E-state index contributed by atoms with van der Waals surface area (Å²) >= 11 is 0. The Hall–Kier alpha value is -7.98. The quantitative estimate of drug-likeness (QED) is 0.0701. The summed E-state index contributed by atoms with van der Waals surface area (Å²) in [6.45, 7) is 0. The van der Waals surface area contributed by atoms with Crippen LogP contribution in [0.2, 0.25) is 0 Å². The molecule has 0 amide bonds. The van der Waals surface area contributed by atoms with Crippen LogP contribution in [-0.2, 0) is 0 Å². The SMILES string of the molecule is O=[N+]([O-])c1ccc(C=Nc2ccc(-c3ccc(N=Cc4ccc(C=Nc5ccc(-c6ccc(N=Cc7ccc([N+](=O)[O-])cc7)cc6)cc5)cc4)cc3)cc2)cc1. The lowest BCUT2D eigenvalue weighted by Crippen LogP contribution is -1.88. The molecule has 0 saturated heterocycles. The standard InChI is InChI=1S/C46H32N6O4/c53-51(54)45-25-5-35(6-26-45)31-49-43-21-13-39(14-22-43)37-9-17-41(18-10-37)47-29-33-1-2-34(4-3-33)30-48-42-19-11-38(12-20-42)40-15-23-44(24-16-40)50-32-36-7-27-46(28-8-36)52(55)56/h1-32H. The molecule has 0 radical (unpaired) electrons. The van der Waals surface area contributed by atoms with Crippen molar-refractivity contribution in [3.8, 4) is 22.3 Å². The van der Waals surface area contributed by atoms with Crippen LogP contribution in [-0.4, -0.2) is 34.7 Å². The summed E-state index contributed by atoms with van der Waals surface area (Å²) in [5.74, 6) is 0. The summed E-state index contributed by atoms with van der Waals surface area (Å²) in [5, 5.41) is 21.7. The third kappa shape index (κ3) is 9.71. The van der Waals surface area contributed by atoms with Gasteiger partial charge in [0.1, 0.15) is 0 Å². The van der Waals surface area contributed by atoms with E-state index in [4.69, 9.17) is 0 Å². The first kappa shape index (κ1) is 36.4. The Morgan fingerprint density at radius 1 is 0.304 bits per heavy atom. The second-order valence-electron chi connectivity index (χ2n) is 12.6. The van der Waals surface area contributed by atoms with Gasteiger partial charge in [0.15, 0.2) is 0 Å². The summed E-state index contributed by atoms with van der Waals surface area (Å²) in [6, 6.07) is 52.4. The van der Waals surface area contributed by atoms with Crippen LogP contribution >= 0.6 is 0 Å². The number of benzene rings is 7. The largest absolute Gasteiger partial charge is 0.269 e. The third-order valence-corrected chi connectivity index (χ3v) is 8.73. The summed E-state index contributed by atoms with van der Waals surface area (Å²) in [7, 11) is 0. The van der Waals surface area contributed by atoms with Crippen LogP contribution in [0.25, 0.3) is 22.3 Å². The second kappa shape index (κ2) is 17.2. The molecule has 0 aliphatic rings. The highest BCUT2D eigenvalue weighted by Gasteiger charge is 2.05. The molecule has 0 fully saturated rings. The van der Waals surface area contributed by atoms with Gasteiger partial charge in [-0.15, -0.1) is 0 Å².